The Balaban J connectivity index is 2.32. The molecule has 0 spiro atoms. The number of amides is 1. The number of likely N-dealkylation sites (N-methyl/N-ethyl adjacent to an activating group) is 1. The molecular weight excluding hydrogens is 331 g/mol. The number of benzene rings is 1. The van der Waals surface area contributed by atoms with E-state index in [1.54, 1.807) is 0 Å². The van der Waals surface area contributed by atoms with Crippen LogP contribution in [0.5, 0.6) is 0 Å². The summed E-state index contributed by atoms with van der Waals surface area (Å²) < 4.78 is 0. The van der Waals surface area contributed by atoms with E-state index in [0.717, 1.165) is 38.0 Å². The monoisotopic (exact) mass is 356 g/mol. The number of carbonyl (C=O) groups excluding carboxylic acids is 1. The van der Waals surface area contributed by atoms with Gasteiger partial charge in [0.2, 0.25) is 5.91 Å². The molecule has 0 bridgehead atoms. The Morgan fingerprint density at radius 1 is 1.13 bits per heavy atom. The number of halogens is 2. The summed E-state index contributed by atoms with van der Waals surface area (Å²) in [6.45, 7) is 6.39. The molecule has 0 aliphatic heterocycles. The topological polar surface area (TPSA) is 23.6 Å². The van der Waals surface area contributed by atoms with Crippen molar-refractivity contribution in [2.75, 3.05) is 23.9 Å². The molecule has 0 aromatic heterocycles. The van der Waals surface area contributed by atoms with E-state index >= 15 is 0 Å². The fourth-order valence-corrected chi connectivity index (χ4v) is 3.95. The summed E-state index contributed by atoms with van der Waals surface area (Å²) in [4.78, 5) is 17.2. The molecule has 2 unspecified atom stereocenters. The summed E-state index contributed by atoms with van der Waals surface area (Å²) in [6, 6.07) is 8.20. The van der Waals surface area contributed by atoms with Gasteiger partial charge in [0.15, 0.2) is 0 Å². The molecule has 0 heterocycles. The summed E-state index contributed by atoms with van der Waals surface area (Å²) in [6.07, 6.45) is 3.71. The van der Waals surface area contributed by atoms with Gasteiger partial charge < -0.3 is 4.90 Å². The van der Waals surface area contributed by atoms with Crippen LogP contribution in [0.15, 0.2) is 24.3 Å². The molecule has 3 nitrogen and oxygen atoms in total. The average Bonchev–Trinajstić information content (AvgIpc) is 3.00. The van der Waals surface area contributed by atoms with E-state index in [4.69, 9.17) is 23.2 Å². The summed E-state index contributed by atoms with van der Waals surface area (Å²) in [5, 5.41) is 0.685. The summed E-state index contributed by atoms with van der Waals surface area (Å²) >= 11 is 11.8. The van der Waals surface area contributed by atoms with E-state index in [9.17, 15) is 4.79 Å². The Morgan fingerprint density at radius 2 is 1.74 bits per heavy atom. The fourth-order valence-electron chi connectivity index (χ4n) is 3.66. The molecule has 1 amide bonds. The van der Waals surface area contributed by atoms with Crippen molar-refractivity contribution in [3.63, 3.8) is 0 Å². The molecule has 1 fully saturated rings. The van der Waals surface area contributed by atoms with E-state index in [2.05, 4.69) is 18.7 Å². The van der Waals surface area contributed by atoms with Crippen molar-refractivity contribution in [2.24, 2.45) is 0 Å². The van der Waals surface area contributed by atoms with Gasteiger partial charge in [-0.25, -0.2) is 0 Å². The van der Waals surface area contributed by atoms with Crippen molar-refractivity contribution < 1.29 is 4.79 Å². The maximum absolute atomic E-state index is 12.8. The zero-order chi connectivity index (χ0) is 16.8. The third kappa shape index (κ3) is 4.40. The van der Waals surface area contributed by atoms with Gasteiger partial charge >= 0.3 is 0 Å². The zero-order valence-electron chi connectivity index (χ0n) is 14.0. The molecule has 23 heavy (non-hydrogen) atoms. The first-order chi connectivity index (χ1) is 11.1. The minimum atomic E-state index is 0.103. The van der Waals surface area contributed by atoms with Crippen molar-refractivity contribution in [3.8, 4) is 0 Å². The summed E-state index contributed by atoms with van der Waals surface area (Å²) in [5.74, 6) is 0.456. The highest BCUT2D eigenvalue weighted by atomic mass is 35.5. The van der Waals surface area contributed by atoms with Gasteiger partial charge in [0.25, 0.3) is 0 Å². The van der Waals surface area contributed by atoms with E-state index in [1.807, 2.05) is 29.2 Å². The molecule has 0 N–H and O–H groups in total. The number of carbonyl (C=O) groups is 1. The predicted molar refractivity (Wildman–Crippen MR) is 98.6 cm³/mol. The van der Waals surface area contributed by atoms with E-state index in [-0.39, 0.29) is 11.9 Å². The highest BCUT2D eigenvalue weighted by Gasteiger charge is 2.37. The molecule has 128 valence electrons. The first-order valence-corrected chi connectivity index (χ1v) is 9.41. The van der Waals surface area contributed by atoms with Gasteiger partial charge in [0, 0.05) is 29.1 Å². The molecule has 2 atom stereocenters. The van der Waals surface area contributed by atoms with E-state index < -0.39 is 0 Å². The van der Waals surface area contributed by atoms with Crippen LogP contribution in [0.4, 0.5) is 5.69 Å². The van der Waals surface area contributed by atoms with Crippen molar-refractivity contribution in [1.82, 2.24) is 4.90 Å². The number of alkyl halides is 1. The number of anilines is 1. The van der Waals surface area contributed by atoms with Crippen molar-refractivity contribution >= 4 is 34.8 Å². The van der Waals surface area contributed by atoms with Crippen molar-refractivity contribution in [1.29, 1.82) is 0 Å². The van der Waals surface area contributed by atoms with Crippen LogP contribution in [-0.4, -0.2) is 41.9 Å². The molecule has 1 aliphatic rings. The molecular formula is C18H26Cl2N2O. The Bertz CT molecular complexity index is 502. The van der Waals surface area contributed by atoms with Crippen LogP contribution in [0.3, 0.4) is 0 Å². The number of nitrogens with zero attached hydrogens (tertiary/aromatic N) is 2. The zero-order valence-corrected chi connectivity index (χ0v) is 15.5. The van der Waals surface area contributed by atoms with Gasteiger partial charge in [0.05, 0.1) is 6.04 Å². The summed E-state index contributed by atoms with van der Waals surface area (Å²) in [7, 11) is 0. The molecule has 1 aromatic rings. The minimum absolute atomic E-state index is 0.103. The molecule has 0 saturated heterocycles. The molecule has 1 saturated carbocycles. The normalized spacial score (nSPS) is 20.9. The second-order valence-electron chi connectivity index (χ2n) is 5.97. The largest absolute Gasteiger partial charge is 0.308 e. The Labute approximate surface area is 149 Å². The standard InChI is InChI=1S/C18H26Cl2N2O/c1-3-21(4-2)16-6-5-7-17(16)22(18(23)12-13-19)15-10-8-14(20)9-11-15/h8-11,16-17H,3-7,12-13H2,1-2H3. The van der Waals surface area contributed by atoms with Gasteiger partial charge in [-0.3, -0.25) is 9.69 Å². The average molecular weight is 357 g/mol. The third-order valence-electron chi connectivity index (χ3n) is 4.74. The smallest absolute Gasteiger partial charge is 0.228 e. The van der Waals surface area contributed by atoms with Crippen molar-refractivity contribution in [2.45, 2.75) is 51.6 Å². The van der Waals surface area contributed by atoms with Gasteiger partial charge in [0.1, 0.15) is 0 Å². The van der Waals surface area contributed by atoms with Crippen LogP contribution >= 0.6 is 23.2 Å². The fraction of sp³-hybridized carbons (Fsp3) is 0.611. The minimum Gasteiger partial charge on any atom is -0.308 e. The second kappa shape index (κ2) is 8.91. The molecule has 0 radical (unpaired) electrons. The lowest BCUT2D eigenvalue weighted by molar-refractivity contribution is -0.119. The quantitative estimate of drug-likeness (QED) is 0.668. The van der Waals surface area contributed by atoms with Gasteiger partial charge in [-0.15, -0.1) is 11.6 Å². The van der Waals surface area contributed by atoms with Crippen LogP contribution < -0.4 is 4.90 Å². The molecule has 5 heteroatoms. The number of hydrogen-bond donors (Lipinski definition) is 0. The van der Waals surface area contributed by atoms with E-state index in [0.29, 0.717) is 23.4 Å². The van der Waals surface area contributed by atoms with Gasteiger partial charge in [-0.1, -0.05) is 25.4 Å². The molecule has 1 aliphatic carbocycles. The van der Waals surface area contributed by atoms with Gasteiger partial charge in [-0.2, -0.15) is 0 Å². The Kier molecular flexibility index (Phi) is 7.19. The van der Waals surface area contributed by atoms with Crippen LogP contribution in [0.25, 0.3) is 0 Å². The first kappa shape index (κ1) is 18.6. The third-order valence-corrected chi connectivity index (χ3v) is 5.18. The van der Waals surface area contributed by atoms with Crippen LogP contribution in [0, 0.1) is 0 Å². The lowest BCUT2D eigenvalue weighted by Gasteiger charge is -2.38. The number of rotatable bonds is 7. The number of hydrogen-bond acceptors (Lipinski definition) is 2. The molecule has 1 aromatic carbocycles. The van der Waals surface area contributed by atoms with Crippen LogP contribution in [0.1, 0.15) is 39.5 Å². The maximum Gasteiger partial charge on any atom is 0.228 e. The van der Waals surface area contributed by atoms with Crippen LogP contribution in [0.2, 0.25) is 5.02 Å². The van der Waals surface area contributed by atoms with Gasteiger partial charge in [-0.05, 0) is 56.6 Å². The Hall–Kier alpha value is -0.770. The Morgan fingerprint density at radius 3 is 2.30 bits per heavy atom. The van der Waals surface area contributed by atoms with Crippen molar-refractivity contribution in [3.05, 3.63) is 29.3 Å². The highest BCUT2D eigenvalue weighted by molar-refractivity contribution is 6.30. The summed E-state index contributed by atoms with van der Waals surface area (Å²) in [5.41, 5.74) is 0.925. The SMILES string of the molecule is CCN(CC)C1CCCC1N(C(=O)CCCl)c1ccc(Cl)cc1. The van der Waals surface area contributed by atoms with Crippen LogP contribution in [-0.2, 0) is 4.79 Å². The molecule has 2 rings (SSSR count). The second-order valence-corrected chi connectivity index (χ2v) is 6.78. The lowest BCUT2D eigenvalue weighted by Crippen LogP contribution is -2.51. The lowest BCUT2D eigenvalue weighted by atomic mass is 10.1. The maximum atomic E-state index is 12.8. The first-order valence-electron chi connectivity index (χ1n) is 8.50. The van der Waals surface area contributed by atoms with E-state index in [1.165, 1.54) is 0 Å². The highest BCUT2D eigenvalue weighted by Crippen LogP contribution is 2.33. The predicted octanol–water partition coefficient (Wildman–Crippen LogP) is 4.56.